The number of ketones is 1. The van der Waals surface area contributed by atoms with Gasteiger partial charge in [-0.2, -0.15) is 0 Å². The number of alkyl halides is 1. The topological polar surface area (TPSA) is 55.8 Å². The molecule has 3 aliphatic rings. The van der Waals surface area contributed by atoms with E-state index >= 15 is 0 Å². The summed E-state index contributed by atoms with van der Waals surface area (Å²) in [6, 6.07) is 16.3. The van der Waals surface area contributed by atoms with E-state index in [4.69, 9.17) is 9.47 Å². The van der Waals surface area contributed by atoms with E-state index in [1.807, 2.05) is 29.2 Å². The Hall–Kier alpha value is -2.73. The minimum Gasteiger partial charge on any atom is -0.448 e. The Labute approximate surface area is 200 Å². The second-order valence-corrected chi connectivity index (χ2v) is 9.69. The molecule has 34 heavy (non-hydrogen) atoms. The van der Waals surface area contributed by atoms with Crippen molar-refractivity contribution in [1.29, 1.82) is 0 Å². The summed E-state index contributed by atoms with van der Waals surface area (Å²) in [5.74, 6) is 0.209. The number of amides is 1. The third-order valence-electron chi connectivity index (χ3n) is 7.58. The number of halogens is 1. The van der Waals surface area contributed by atoms with E-state index in [1.165, 1.54) is 22.3 Å². The molecule has 1 amide bonds. The summed E-state index contributed by atoms with van der Waals surface area (Å²) in [5, 5.41) is 0. The third kappa shape index (κ3) is 4.48. The van der Waals surface area contributed by atoms with E-state index in [1.54, 1.807) is 0 Å². The highest BCUT2D eigenvalue weighted by molar-refractivity contribution is 5.82. The molecule has 0 spiro atoms. The number of Topliss-reactive ketones (excluding diaryl/α,β-unsaturated/α-hetero) is 1. The molecule has 0 N–H and O–H groups in total. The highest BCUT2D eigenvalue weighted by Crippen LogP contribution is 2.44. The van der Waals surface area contributed by atoms with Gasteiger partial charge in [0.05, 0.1) is 32.0 Å². The maximum absolute atomic E-state index is 13.2. The second kappa shape index (κ2) is 10.3. The summed E-state index contributed by atoms with van der Waals surface area (Å²) in [6.07, 6.45) is 3.42. The Kier molecular flexibility index (Phi) is 6.95. The number of rotatable bonds is 8. The highest BCUT2D eigenvalue weighted by atomic mass is 19.1. The van der Waals surface area contributed by atoms with Crippen LogP contribution in [0.15, 0.2) is 48.5 Å². The lowest BCUT2D eigenvalue weighted by molar-refractivity contribution is -0.131. The van der Waals surface area contributed by atoms with Crippen LogP contribution in [0.2, 0.25) is 0 Å². The summed E-state index contributed by atoms with van der Waals surface area (Å²) in [7, 11) is 0. The zero-order valence-electron chi connectivity index (χ0n) is 19.5. The first-order valence-electron chi connectivity index (χ1n) is 12.5. The van der Waals surface area contributed by atoms with Gasteiger partial charge in [-0.25, -0.2) is 4.79 Å². The molecule has 0 aromatic heterocycles. The van der Waals surface area contributed by atoms with Gasteiger partial charge in [0.25, 0.3) is 0 Å². The third-order valence-corrected chi connectivity index (χ3v) is 7.58. The fourth-order valence-corrected chi connectivity index (χ4v) is 5.92. The van der Waals surface area contributed by atoms with Crippen molar-refractivity contribution in [3.63, 3.8) is 0 Å². The zero-order valence-corrected chi connectivity index (χ0v) is 19.5. The van der Waals surface area contributed by atoms with Crippen molar-refractivity contribution in [1.82, 2.24) is 4.90 Å². The fraction of sp³-hybridized carbons (Fsp3) is 0.500. The molecule has 2 heterocycles. The monoisotopic (exact) mass is 465 g/mol. The Morgan fingerprint density at radius 3 is 2.15 bits per heavy atom. The average Bonchev–Trinajstić information content (AvgIpc) is 3.18. The number of nitrogens with zero attached hydrogens (tertiary/aromatic N) is 1. The standard InChI is InChI=1S/C28H32FNO4/c29-13-7-1-2-12-27(31)19-14-20-16-33-17-21(15-19)30(20)28(32)34-18-26-24-10-5-3-8-22(24)23-9-4-6-11-25(23)26/h3-6,8-11,19-21,26H,1-2,7,12-18H2. The number of piperidine rings is 1. The van der Waals surface area contributed by atoms with Gasteiger partial charge in [-0.05, 0) is 47.9 Å². The predicted molar refractivity (Wildman–Crippen MR) is 127 cm³/mol. The maximum Gasteiger partial charge on any atom is 0.410 e. The molecule has 2 aromatic carbocycles. The van der Waals surface area contributed by atoms with E-state index < -0.39 is 0 Å². The lowest BCUT2D eigenvalue weighted by Crippen LogP contribution is -2.60. The van der Waals surface area contributed by atoms with Gasteiger partial charge < -0.3 is 9.47 Å². The van der Waals surface area contributed by atoms with Gasteiger partial charge in [0.15, 0.2) is 0 Å². The molecular weight excluding hydrogens is 433 g/mol. The van der Waals surface area contributed by atoms with E-state index in [9.17, 15) is 14.0 Å². The zero-order chi connectivity index (χ0) is 23.5. The first-order chi connectivity index (χ1) is 16.7. The van der Waals surface area contributed by atoms with Crippen molar-refractivity contribution in [2.75, 3.05) is 26.5 Å². The van der Waals surface area contributed by atoms with Crippen LogP contribution in [-0.2, 0) is 14.3 Å². The Balaban J connectivity index is 1.23. The molecule has 2 aliphatic heterocycles. The molecule has 2 fully saturated rings. The van der Waals surface area contributed by atoms with Crippen molar-refractivity contribution >= 4 is 11.9 Å². The molecule has 2 bridgehead atoms. The lowest BCUT2D eigenvalue weighted by Gasteiger charge is -2.47. The summed E-state index contributed by atoms with van der Waals surface area (Å²) >= 11 is 0. The average molecular weight is 466 g/mol. The summed E-state index contributed by atoms with van der Waals surface area (Å²) in [6.45, 7) is 0.841. The first kappa shape index (κ1) is 23.0. The number of fused-ring (bicyclic) bond motifs is 5. The van der Waals surface area contributed by atoms with Crippen molar-refractivity contribution in [3.8, 4) is 11.1 Å². The van der Waals surface area contributed by atoms with E-state index in [-0.39, 0.29) is 42.5 Å². The van der Waals surface area contributed by atoms with Crippen LogP contribution in [0.25, 0.3) is 11.1 Å². The van der Waals surface area contributed by atoms with Gasteiger partial charge in [-0.15, -0.1) is 0 Å². The molecule has 1 aliphatic carbocycles. The molecule has 2 atom stereocenters. The summed E-state index contributed by atoms with van der Waals surface area (Å²) in [5.41, 5.74) is 4.79. The minimum atomic E-state index is -0.325. The van der Waals surface area contributed by atoms with Crippen LogP contribution in [0, 0.1) is 5.92 Å². The second-order valence-electron chi connectivity index (χ2n) is 9.69. The normalized spacial score (nSPS) is 23.3. The van der Waals surface area contributed by atoms with E-state index in [0.29, 0.717) is 45.5 Å². The number of ether oxygens (including phenoxy) is 2. The molecule has 6 heteroatoms. The Bertz CT molecular complexity index is 981. The lowest BCUT2D eigenvalue weighted by atomic mass is 9.81. The quantitative estimate of drug-likeness (QED) is 0.482. The first-order valence-corrected chi connectivity index (χ1v) is 12.5. The Morgan fingerprint density at radius 1 is 0.912 bits per heavy atom. The molecule has 2 aromatic rings. The van der Waals surface area contributed by atoms with Gasteiger partial charge in [-0.3, -0.25) is 14.1 Å². The van der Waals surface area contributed by atoms with Crippen LogP contribution in [0.5, 0.6) is 0 Å². The Morgan fingerprint density at radius 2 is 1.53 bits per heavy atom. The molecule has 180 valence electrons. The highest BCUT2D eigenvalue weighted by Gasteiger charge is 2.44. The van der Waals surface area contributed by atoms with Crippen LogP contribution < -0.4 is 0 Å². The van der Waals surface area contributed by atoms with Gasteiger partial charge >= 0.3 is 6.09 Å². The molecule has 5 rings (SSSR count). The fourth-order valence-electron chi connectivity index (χ4n) is 5.92. The number of carbonyl (C=O) groups is 2. The minimum absolute atomic E-state index is 0.0240. The van der Waals surface area contributed by atoms with Crippen LogP contribution in [0.3, 0.4) is 0 Å². The summed E-state index contributed by atoms with van der Waals surface area (Å²) in [4.78, 5) is 27.8. The largest absolute Gasteiger partial charge is 0.448 e. The molecular formula is C28H32FNO4. The van der Waals surface area contributed by atoms with Crippen molar-refractivity contribution < 1.29 is 23.5 Å². The molecule has 5 nitrogen and oxygen atoms in total. The maximum atomic E-state index is 13.2. The number of hydrogen-bond donors (Lipinski definition) is 0. The van der Waals surface area contributed by atoms with Crippen molar-refractivity contribution in [2.24, 2.45) is 5.92 Å². The number of benzene rings is 2. The smallest absolute Gasteiger partial charge is 0.410 e. The van der Waals surface area contributed by atoms with Crippen LogP contribution in [0.1, 0.15) is 55.6 Å². The molecule has 0 radical (unpaired) electrons. The number of carbonyl (C=O) groups excluding carboxylic acids is 2. The number of morpholine rings is 1. The summed E-state index contributed by atoms with van der Waals surface area (Å²) < 4.78 is 23.9. The van der Waals surface area contributed by atoms with E-state index in [2.05, 4.69) is 24.3 Å². The van der Waals surface area contributed by atoms with Gasteiger partial charge in [0.1, 0.15) is 12.4 Å². The van der Waals surface area contributed by atoms with Crippen LogP contribution in [-0.4, -0.2) is 55.4 Å². The SMILES string of the molecule is O=C(CCCCCF)C1CC2COCC(C1)N2C(=O)OCC1c2ccccc2-c2ccccc21. The van der Waals surface area contributed by atoms with E-state index in [0.717, 1.165) is 12.8 Å². The van der Waals surface area contributed by atoms with Crippen LogP contribution >= 0.6 is 0 Å². The predicted octanol–water partition coefficient (Wildman–Crippen LogP) is 5.51. The molecule has 0 saturated carbocycles. The van der Waals surface area contributed by atoms with Gasteiger partial charge in [0.2, 0.25) is 0 Å². The number of hydrogen-bond acceptors (Lipinski definition) is 4. The molecule has 2 unspecified atom stereocenters. The van der Waals surface area contributed by atoms with Gasteiger partial charge in [-0.1, -0.05) is 55.0 Å². The molecule has 2 saturated heterocycles. The number of unbranched alkanes of at least 4 members (excludes halogenated alkanes) is 2. The van der Waals surface area contributed by atoms with Crippen LogP contribution in [0.4, 0.5) is 9.18 Å². The van der Waals surface area contributed by atoms with Crippen molar-refractivity contribution in [3.05, 3.63) is 59.7 Å². The van der Waals surface area contributed by atoms with Gasteiger partial charge in [0, 0.05) is 18.3 Å². The van der Waals surface area contributed by atoms with Crippen molar-refractivity contribution in [2.45, 2.75) is 56.5 Å².